The molecule has 1 aromatic carbocycles. The van der Waals surface area contributed by atoms with Crippen molar-refractivity contribution in [2.75, 3.05) is 26.7 Å². The summed E-state index contributed by atoms with van der Waals surface area (Å²) in [6.07, 6.45) is 2.03. The van der Waals surface area contributed by atoms with Crippen LogP contribution in [0.15, 0.2) is 29.6 Å². The van der Waals surface area contributed by atoms with Gasteiger partial charge < -0.3 is 5.11 Å². The summed E-state index contributed by atoms with van der Waals surface area (Å²) in [5, 5.41) is 12.1. The average molecular weight is 359 g/mol. The number of carbonyl (C=O) groups is 1. The smallest absolute Gasteiger partial charge is 0.317 e. The highest BCUT2D eigenvalue weighted by Crippen LogP contribution is 2.25. The molecule has 1 aromatic heterocycles. The van der Waals surface area contributed by atoms with Crippen molar-refractivity contribution in [3.8, 4) is 10.6 Å². The van der Waals surface area contributed by atoms with E-state index in [0.717, 1.165) is 43.2 Å². The van der Waals surface area contributed by atoms with Crippen LogP contribution in [0.5, 0.6) is 0 Å². The van der Waals surface area contributed by atoms with Gasteiger partial charge in [0, 0.05) is 36.6 Å². The molecule has 1 fully saturated rings. The van der Waals surface area contributed by atoms with E-state index in [1.807, 2.05) is 11.9 Å². The average Bonchev–Trinajstić information content (AvgIpc) is 3.04. The van der Waals surface area contributed by atoms with Crippen molar-refractivity contribution in [3.05, 3.63) is 40.9 Å². The van der Waals surface area contributed by atoms with Crippen molar-refractivity contribution < 1.29 is 9.90 Å². The lowest BCUT2D eigenvalue weighted by molar-refractivity contribution is -0.138. The molecule has 5 nitrogen and oxygen atoms in total. The Morgan fingerprint density at radius 3 is 2.64 bits per heavy atom. The van der Waals surface area contributed by atoms with Crippen LogP contribution in [0.25, 0.3) is 10.6 Å². The first-order valence-corrected chi connectivity index (χ1v) is 9.55. The molecule has 1 aliphatic heterocycles. The molecular weight excluding hydrogens is 334 g/mol. The molecule has 3 rings (SSSR count). The van der Waals surface area contributed by atoms with Crippen molar-refractivity contribution in [1.29, 1.82) is 0 Å². The van der Waals surface area contributed by atoms with Gasteiger partial charge in [-0.25, -0.2) is 4.98 Å². The van der Waals surface area contributed by atoms with Gasteiger partial charge in [-0.1, -0.05) is 29.8 Å². The first kappa shape index (κ1) is 18.0. The standard InChI is InChI=1S/C19H25N3O2S/c1-14-3-5-15(6-4-14)19-20-16(13-25-19)11-22-9-7-17(8-10-22)21(2)12-18(23)24/h3-6,13,17H,7-12H2,1-2H3,(H,23,24). The van der Waals surface area contributed by atoms with Crippen LogP contribution in [0, 0.1) is 6.92 Å². The van der Waals surface area contributed by atoms with Gasteiger partial charge in [0.05, 0.1) is 12.2 Å². The second-order valence-corrected chi connectivity index (χ2v) is 7.68. The maximum Gasteiger partial charge on any atom is 0.317 e. The Bertz CT molecular complexity index is 706. The van der Waals surface area contributed by atoms with E-state index in [1.54, 1.807) is 11.3 Å². The van der Waals surface area contributed by atoms with Gasteiger partial charge in [-0.2, -0.15) is 0 Å². The highest BCUT2D eigenvalue weighted by atomic mass is 32.1. The van der Waals surface area contributed by atoms with E-state index in [2.05, 4.69) is 41.5 Å². The number of hydrogen-bond donors (Lipinski definition) is 1. The van der Waals surface area contributed by atoms with Crippen molar-refractivity contribution >= 4 is 17.3 Å². The normalized spacial score (nSPS) is 16.4. The van der Waals surface area contributed by atoms with Gasteiger partial charge in [0.2, 0.25) is 0 Å². The molecule has 0 saturated carbocycles. The Morgan fingerprint density at radius 1 is 1.32 bits per heavy atom. The summed E-state index contributed by atoms with van der Waals surface area (Å²) in [5.41, 5.74) is 3.56. The predicted octanol–water partition coefficient (Wildman–Crippen LogP) is 3.10. The number of likely N-dealkylation sites (tertiary alicyclic amines) is 1. The number of carboxylic acid groups (broad SMARTS) is 1. The molecule has 0 radical (unpaired) electrons. The zero-order valence-corrected chi connectivity index (χ0v) is 15.6. The molecule has 1 aliphatic rings. The molecular formula is C19H25N3O2S. The highest BCUT2D eigenvalue weighted by Gasteiger charge is 2.24. The van der Waals surface area contributed by atoms with Gasteiger partial charge >= 0.3 is 5.97 Å². The monoisotopic (exact) mass is 359 g/mol. The quantitative estimate of drug-likeness (QED) is 0.859. The number of likely N-dealkylation sites (N-methyl/N-ethyl adjacent to an activating group) is 1. The first-order valence-electron chi connectivity index (χ1n) is 8.67. The minimum atomic E-state index is -0.754. The van der Waals surface area contributed by atoms with Gasteiger partial charge in [-0.15, -0.1) is 11.3 Å². The second kappa shape index (κ2) is 8.08. The largest absolute Gasteiger partial charge is 0.480 e. The van der Waals surface area contributed by atoms with Gasteiger partial charge in [0.15, 0.2) is 0 Å². The van der Waals surface area contributed by atoms with Gasteiger partial charge in [-0.3, -0.25) is 14.6 Å². The molecule has 0 bridgehead atoms. The predicted molar refractivity (Wildman–Crippen MR) is 101 cm³/mol. The number of piperidine rings is 1. The molecule has 0 spiro atoms. The maximum absolute atomic E-state index is 10.8. The maximum atomic E-state index is 10.8. The Balaban J connectivity index is 1.53. The van der Waals surface area contributed by atoms with Crippen molar-refractivity contribution in [3.63, 3.8) is 0 Å². The molecule has 0 atom stereocenters. The van der Waals surface area contributed by atoms with Crippen LogP contribution in [0.3, 0.4) is 0 Å². The molecule has 2 aromatic rings. The summed E-state index contributed by atoms with van der Waals surface area (Å²) in [6, 6.07) is 8.86. The van der Waals surface area contributed by atoms with E-state index in [1.165, 1.54) is 11.1 Å². The Morgan fingerprint density at radius 2 is 2.00 bits per heavy atom. The molecule has 2 heterocycles. The summed E-state index contributed by atoms with van der Waals surface area (Å²) in [7, 11) is 1.91. The summed E-state index contributed by atoms with van der Waals surface area (Å²) < 4.78 is 0. The number of nitrogens with zero attached hydrogens (tertiary/aromatic N) is 3. The van der Waals surface area contributed by atoms with Crippen molar-refractivity contribution in [2.24, 2.45) is 0 Å². The van der Waals surface area contributed by atoms with E-state index in [0.29, 0.717) is 6.04 Å². The zero-order valence-electron chi connectivity index (χ0n) is 14.8. The number of aliphatic carboxylic acids is 1. The number of thiazole rings is 1. The van der Waals surface area contributed by atoms with E-state index >= 15 is 0 Å². The highest BCUT2D eigenvalue weighted by molar-refractivity contribution is 7.13. The Hall–Kier alpha value is -1.76. The molecule has 6 heteroatoms. The Labute approximate surface area is 152 Å². The molecule has 0 aliphatic carbocycles. The summed E-state index contributed by atoms with van der Waals surface area (Å²) in [4.78, 5) is 20.0. The van der Waals surface area contributed by atoms with Crippen LogP contribution in [0.4, 0.5) is 0 Å². The molecule has 1 N–H and O–H groups in total. The third-order valence-electron chi connectivity index (χ3n) is 4.80. The molecule has 0 unspecified atom stereocenters. The summed E-state index contributed by atoms with van der Waals surface area (Å²) in [6.45, 7) is 5.07. The SMILES string of the molecule is Cc1ccc(-c2nc(CN3CCC(N(C)CC(=O)O)CC3)cs2)cc1. The molecule has 25 heavy (non-hydrogen) atoms. The van der Waals surface area contributed by atoms with Crippen molar-refractivity contribution in [2.45, 2.75) is 32.4 Å². The van der Waals surface area contributed by atoms with Gasteiger partial charge in [-0.05, 0) is 26.8 Å². The fraction of sp³-hybridized carbons (Fsp3) is 0.474. The lowest BCUT2D eigenvalue weighted by Crippen LogP contribution is -2.44. The van der Waals surface area contributed by atoms with Gasteiger partial charge in [0.25, 0.3) is 0 Å². The summed E-state index contributed by atoms with van der Waals surface area (Å²) >= 11 is 1.70. The minimum Gasteiger partial charge on any atom is -0.480 e. The van der Waals surface area contributed by atoms with E-state index in [9.17, 15) is 4.79 Å². The van der Waals surface area contributed by atoms with Crippen LogP contribution >= 0.6 is 11.3 Å². The fourth-order valence-corrected chi connectivity index (χ4v) is 4.12. The molecule has 134 valence electrons. The number of carboxylic acids is 1. The van der Waals surface area contributed by atoms with Crippen LogP contribution in [-0.2, 0) is 11.3 Å². The molecule has 1 saturated heterocycles. The first-order chi connectivity index (χ1) is 12.0. The molecule has 0 amide bonds. The van der Waals surface area contributed by atoms with E-state index < -0.39 is 5.97 Å². The van der Waals surface area contributed by atoms with Crippen LogP contribution in [0.2, 0.25) is 0 Å². The number of rotatable bonds is 6. The number of aryl methyl sites for hydroxylation is 1. The third-order valence-corrected chi connectivity index (χ3v) is 5.74. The van der Waals surface area contributed by atoms with Crippen LogP contribution in [-0.4, -0.2) is 58.6 Å². The number of aromatic nitrogens is 1. The minimum absolute atomic E-state index is 0.122. The number of hydrogen-bond acceptors (Lipinski definition) is 5. The van der Waals surface area contributed by atoms with E-state index in [4.69, 9.17) is 10.1 Å². The third kappa shape index (κ3) is 4.87. The number of benzene rings is 1. The van der Waals surface area contributed by atoms with Crippen LogP contribution < -0.4 is 0 Å². The summed E-state index contributed by atoms with van der Waals surface area (Å²) in [5.74, 6) is -0.754. The fourth-order valence-electron chi connectivity index (χ4n) is 3.30. The Kier molecular flexibility index (Phi) is 5.83. The van der Waals surface area contributed by atoms with Crippen molar-refractivity contribution in [1.82, 2.24) is 14.8 Å². The van der Waals surface area contributed by atoms with E-state index in [-0.39, 0.29) is 6.54 Å². The zero-order chi connectivity index (χ0) is 17.8. The van der Waals surface area contributed by atoms with Crippen LogP contribution in [0.1, 0.15) is 24.1 Å². The lowest BCUT2D eigenvalue weighted by Gasteiger charge is -2.35. The topological polar surface area (TPSA) is 56.7 Å². The second-order valence-electron chi connectivity index (χ2n) is 6.83. The lowest BCUT2D eigenvalue weighted by atomic mass is 10.0. The van der Waals surface area contributed by atoms with Gasteiger partial charge in [0.1, 0.15) is 5.01 Å².